The maximum absolute atomic E-state index is 2.51. The van der Waals surface area contributed by atoms with Gasteiger partial charge in [-0.05, 0) is 193 Å². The second kappa shape index (κ2) is 33.6. The summed E-state index contributed by atoms with van der Waals surface area (Å²) >= 11 is 0. The summed E-state index contributed by atoms with van der Waals surface area (Å²) in [6, 6.07) is 54.5. The lowest BCUT2D eigenvalue weighted by molar-refractivity contribution is 0.867. The molecule has 0 bridgehead atoms. The normalized spacial score (nSPS) is 12.7. The predicted octanol–water partition coefficient (Wildman–Crippen LogP) is 23.6. The van der Waals surface area contributed by atoms with Crippen LogP contribution >= 0.6 is 0 Å². The monoisotopic (exact) mass is 1130 g/mol. The molecule has 9 aromatic carbocycles. The first-order valence-electron chi connectivity index (χ1n) is 32.1. The van der Waals surface area contributed by atoms with Crippen molar-refractivity contribution >= 4 is 49.4 Å². The van der Waals surface area contributed by atoms with Crippen molar-refractivity contribution in [2.75, 3.05) is 54.0 Å². The third-order valence-corrected chi connectivity index (χ3v) is 16.2. The van der Waals surface area contributed by atoms with E-state index in [0.717, 1.165) is 38.9 Å². The Balaban J connectivity index is 0.000000238. The van der Waals surface area contributed by atoms with E-state index in [4.69, 9.17) is 0 Å². The van der Waals surface area contributed by atoms with Crippen LogP contribution in [0.1, 0.15) is 195 Å². The van der Waals surface area contributed by atoms with E-state index in [0.29, 0.717) is 0 Å². The maximum Gasteiger partial charge on any atom is 0.0405 e. The summed E-state index contributed by atoms with van der Waals surface area (Å²) in [7, 11) is 0. The third kappa shape index (κ3) is 13.9. The Morgan fingerprint density at radius 3 is 1.18 bits per heavy atom. The zero-order valence-corrected chi connectivity index (χ0v) is 52.8. The average molecular weight is 1130 g/mol. The van der Waals surface area contributed by atoms with Crippen LogP contribution in [-0.2, 0) is 38.5 Å². The number of fused-ring (bicyclic) bond motifs is 20. The van der Waals surface area contributed by atoms with Crippen LogP contribution in [0.4, 0.5) is 17.1 Å². The molecule has 0 N–H and O–H groups in total. The van der Waals surface area contributed by atoms with Gasteiger partial charge in [-0.2, -0.15) is 0 Å². The summed E-state index contributed by atoms with van der Waals surface area (Å²) in [5.74, 6) is 0. The highest BCUT2D eigenvalue weighted by atomic mass is 15.2. The fraction of sp³-hybridized carbons (Fsp3) is 0.407. The standard InChI is InChI=1S/3C21H19N.3C3H8.3C2H6.3CH4/c1-2-22-12-11-18-20(22)10-8-15-13-19-16-6-4-3-5-14(16)7-9-17(19)21(15)18;1-2-22-10-9-15-11-16-12-20-17-6-4-3-5-14(17)7-8-18(20)19(16)13-21(15)22;1-2-22-12-11-18-20-13-19-15-6-4-3-5-14(15)7-8-16(19)17(20)9-10-21(18)22;3*1-3-2;3*1-2;;;/h3-10H,2,11-13H2,1H3;3-8,11,13H,2,9-10,12H2,1H3;3-10H,2,11-13H2,1H3;3*3H2,1-2H3;3*1-2H3;3*1H4. The molecule has 0 atom stereocenters. The molecule has 3 heterocycles. The van der Waals surface area contributed by atoms with Gasteiger partial charge < -0.3 is 14.7 Å². The van der Waals surface area contributed by atoms with Gasteiger partial charge in [-0.1, -0.05) is 252 Å². The molecule has 0 saturated heterocycles. The van der Waals surface area contributed by atoms with Crippen molar-refractivity contribution in [1.29, 1.82) is 0 Å². The van der Waals surface area contributed by atoms with Crippen LogP contribution in [0.5, 0.6) is 0 Å². The minimum absolute atomic E-state index is 0. The van der Waals surface area contributed by atoms with Gasteiger partial charge in [-0.15, -0.1) is 0 Å². The highest BCUT2D eigenvalue weighted by molar-refractivity contribution is 5.99. The zero-order valence-electron chi connectivity index (χ0n) is 52.8. The van der Waals surface area contributed by atoms with Crippen LogP contribution in [0, 0.1) is 0 Å². The summed E-state index contributed by atoms with van der Waals surface area (Å²) in [4.78, 5) is 7.53. The first-order chi connectivity index (χ1) is 39.8. The lowest BCUT2D eigenvalue weighted by Crippen LogP contribution is -2.19. The van der Waals surface area contributed by atoms with E-state index in [1.807, 2.05) is 41.5 Å². The summed E-state index contributed by atoms with van der Waals surface area (Å²) in [5.41, 5.74) is 27.1. The molecule has 3 aliphatic heterocycles. The maximum atomic E-state index is 2.51. The van der Waals surface area contributed by atoms with Gasteiger partial charge in [0.25, 0.3) is 0 Å². The van der Waals surface area contributed by atoms with Gasteiger partial charge in [0.05, 0.1) is 0 Å². The molecule has 0 aromatic heterocycles. The van der Waals surface area contributed by atoms with Crippen molar-refractivity contribution in [1.82, 2.24) is 0 Å². The molecule has 0 amide bonds. The Kier molecular flexibility index (Phi) is 27.9. The first kappa shape index (κ1) is 69.7. The SMILES string of the molecule is C.C.C.CC.CC.CC.CCC.CCC.CCC.CCN1CCc2c1ccc1c2-c2ccc3ccccc3c2C1.CCN1CCc2c1ccc1c2Cc2c-1ccc1ccccc21.CCN1CCc2cc3c(cc21)-c1ccc2ccccc2c1C3. The highest BCUT2D eigenvalue weighted by Crippen LogP contribution is 2.49. The van der Waals surface area contributed by atoms with E-state index in [2.05, 4.69) is 223 Å². The van der Waals surface area contributed by atoms with E-state index in [9.17, 15) is 0 Å². The number of nitrogens with zero attached hydrogens (tertiary/aromatic N) is 3. The van der Waals surface area contributed by atoms with Gasteiger partial charge in [0.15, 0.2) is 0 Å². The molecular weight excluding hydrogens is 1010 g/mol. The minimum Gasteiger partial charge on any atom is -0.371 e. The molecule has 0 unspecified atom stereocenters. The van der Waals surface area contributed by atoms with E-state index in [1.54, 1.807) is 16.7 Å². The number of benzene rings is 9. The van der Waals surface area contributed by atoms with Crippen LogP contribution < -0.4 is 14.7 Å². The number of anilines is 3. The summed E-state index contributed by atoms with van der Waals surface area (Å²) in [6.07, 6.45) is 10.6. The van der Waals surface area contributed by atoms with Crippen molar-refractivity contribution in [3.63, 3.8) is 0 Å². The highest BCUT2D eigenvalue weighted by Gasteiger charge is 2.31. The van der Waals surface area contributed by atoms with Crippen molar-refractivity contribution in [2.24, 2.45) is 0 Å². The van der Waals surface area contributed by atoms with Crippen LogP contribution in [0.2, 0.25) is 0 Å². The van der Waals surface area contributed by atoms with Gasteiger partial charge in [-0.3, -0.25) is 0 Å². The quantitative estimate of drug-likeness (QED) is 0.175. The number of hydrogen-bond donors (Lipinski definition) is 0. The molecule has 84 heavy (non-hydrogen) atoms. The number of likely N-dealkylation sites (N-methyl/N-ethyl adjacent to an activating group) is 3. The van der Waals surface area contributed by atoms with Crippen molar-refractivity contribution in [3.8, 4) is 33.4 Å². The minimum atomic E-state index is 0. The molecule has 0 saturated carbocycles. The average Bonchev–Trinajstić information content (AvgIpc) is 2.43. The molecular formula is C81H111N3. The molecule has 15 rings (SSSR count). The van der Waals surface area contributed by atoms with Crippen LogP contribution in [-0.4, -0.2) is 39.3 Å². The Morgan fingerprint density at radius 2 is 0.667 bits per heavy atom. The topological polar surface area (TPSA) is 9.72 Å². The fourth-order valence-corrected chi connectivity index (χ4v) is 13.0. The van der Waals surface area contributed by atoms with E-state index >= 15 is 0 Å². The molecule has 9 aromatic rings. The Bertz CT molecular complexity index is 3500. The van der Waals surface area contributed by atoms with Gasteiger partial charge in [-0.25, -0.2) is 0 Å². The van der Waals surface area contributed by atoms with Crippen LogP contribution in [0.15, 0.2) is 146 Å². The van der Waals surface area contributed by atoms with Gasteiger partial charge in [0.2, 0.25) is 0 Å². The molecule has 0 fully saturated rings. The molecule has 3 nitrogen and oxygen atoms in total. The van der Waals surface area contributed by atoms with E-state index in [1.165, 1.54) is 174 Å². The third-order valence-electron chi connectivity index (χ3n) is 16.2. The molecule has 3 heteroatoms. The Hall–Kier alpha value is -6.84. The molecule has 0 spiro atoms. The van der Waals surface area contributed by atoms with Crippen molar-refractivity contribution in [3.05, 3.63) is 196 Å². The van der Waals surface area contributed by atoms with Crippen LogP contribution in [0.25, 0.3) is 65.7 Å². The zero-order chi connectivity index (χ0) is 58.2. The number of hydrogen-bond acceptors (Lipinski definition) is 3. The fourth-order valence-electron chi connectivity index (χ4n) is 13.0. The van der Waals surface area contributed by atoms with Gasteiger partial charge >= 0.3 is 0 Å². The van der Waals surface area contributed by atoms with E-state index < -0.39 is 0 Å². The lowest BCUT2D eigenvalue weighted by atomic mass is 9.96. The lowest BCUT2D eigenvalue weighted by Gasteiger charge is -2.17. The summed E-state index contributed by atoms with van der Waals surface area (Å²) in [6.45, 7) is 38.4. The van der Waals surface area contributed by atoms with Crippen LogP contribution in [0.3, 0.4) is 0 Å². The molecule has 6 aliphatic rings. The van der Waals surface area contributed by atoms with Crippen molar-refractivity contribution in [2.45, 2.75) is 184 Å². The van der Waals surface area contributed by atoms with Gasteiger partial charge in [0.1, 0.15) is 0 Å². The Labute approximate surface area is 513 Å². The molecule has 0 radical (unpaired) electrons. The second-order valence-electron chi connectivity index (χ2n) is 21.4. The smallest absolute Gasteiger partial charge is 0.0405 e. The first-order valence-corrected chi connectivity index (χ1v) is 32.1. The molecule has 450 valence electrons. The van der Waals surface area contributed by atoms with Crippen molar-refractivity contribution < 1.29 is 0 Å². The predicted molar refractivity (Wildman–Crippen MR) is 383 cm³/mol. The van der Waals surface area contributed by atoms with Gasteiger partial charge in [0, 0.05) is 56.3 Å². The second-order valence-corrected chi connectivity index (χ2v) is 21.4. The molecule has 3 aliphatic carbocycles. The summed E-state index contributed by atoms with van der Waals surface area (Å²) < 4.78 is 0. The largest absolute Gasteiger partial charge is 0.371 e. The summed E-state index contributed by atoms with van der Waals surface area (Å²) in [5, 5.41) is 8.35. The number of rotatable bonds is 3. The Morgan fingerprint density at radius 1 is 0.298 bits per heavy atom. The van der Waals surface area contributed by atoms with E-state index in [-0.39, 0.29) is 22.3 Å².